The smallest absolute Gasteiger partial charge is 0.319 e. The molecule has 3 amide bonds. The Bertz CT molecular complexity index is 974. The molecule has 0 spiro atoms. The first kappa shape index (κ1) is 24.9. The number of hydrogen-bond acceptors (Lipinski definition) is 7. The van der Waals surface area contributed by atoms with Crippen LogP contribution in [-0.2, 0) is 22.6 Å². The Balaban J connectivity index is 1.43. The maximum absolute atomic E-state index is 13.5. The zero-order valence-electron chi connectivity index (χ0n) is 20.5. The van der Waals surface area contributed by atoms with Gasteiger partial charge in [0.05, 0.1) is 26.0 Å². The van der Waals surface area contributed by atoms with Crippen LogP contribution < -0.4 is 9.47 Å². The third-order valence-corrected chi connectivity index (χ3v) is 6.08. The minimum Gasteiger partial charge on any atom is -0.467 e. The van der Waals surface area contributed by atoms with Gasteiger partial charge in [-0.05, 0) is 36.2 Å². The van der Waals surface area contributed by atoms with E-state index >= 15 is 0 Å². The van der Waals surface area contributed by atoms with Crippen LogP contribution in [0.15, 0.2) is 41.0 Å². The van der Waals surface area contributed by atoms with Gasteiger partial charge in [-0.1, -0.05) is 6.07 Å². The molecule has 1 aromatic carbocycles. The molecule has 0 saturated carbocycles. The van der Waals surface area contributed by atoms with Crippen LogP contribution in [0.25, 0.3) is 0 Å². The Morgan fingerprint density at radius 1 is 1.00 bits per heavy atom. The number of furan rings is 1. The highest BCUT2D eigenvalue weighted by molar-refractivity contribution is 5.84. The van der Waals surface area contributed by atoms with Crippen LogP contribution in [0.4, 0.5) is 4.79 Å². The predicted molar refractivity (Wildman–Crippen MR) is 128 cm³/mol. The number of urea groups is 1. The molecule has 1 aromatic heterocycles. The van der Waals surface area contributed by atoms with Crippen LogP contribution in [0.1, 0.15) is 17.7 Å². The van der Waals surface area contributed by atoms with Gasteiger partial charge in [0.2, 0.25) is 12.7 Å². The van der Waals surface area contributed by atoms with Crippen molar-refractivity contribution >= 4 is 11.9 Å². The topological polar surface area (TPSA) is 87.9 Å². The molecule has 2 aliphatic rings. The number of fused-ring (bicyclic) bond motifs is 1. The SMILES string of the molecule is CN(C)C(=O)N(CCCN1CCOCC1)CC(=O)N(Cc1ccc2c(c1)OCO2)Cc1ccco1. The summed E-state index contributed by atoms with van der Waals surface area (Å²) in [6.45, 7) is 5.47. The van der Waals surface area contributed by atoms with E-state index in [2.05, 4.69) is 4.90 Å². The minimum atomic E-state index is -0.179. The number of rotatable bonds is 10. The van der Waals surface area contributed by atoms with Crippen molar-refractivity contribution in [3.63, 3.8) is 0 Å². The number of morpholine rings is 1. The van der Waals surface area contributed by atoms with Crippen molar-refractivity contribution in [1.82, 2.24) is 19.6 Å². The average Bonchev–Trinajstić information content (AvgIpc) is 3.55. The summed E-state index contributed by atoms with van der Waals surface area (Å²) in [5, 5.41) is 0. The van der Waals surface area contributed by atoms with Gasteiger partial charge in [-0.2, -0.15) is 0 Å². The molecule has 1 saturated heterocycles. The van der Waals surface area contributed by atoms with Crippen molar-refractivity contribution < 1.29 is 28.2 Å². The van der Waals surface area contributed by atoms with Crippen LogP contribution in [-0.4, -0.2) is 98.4 Å². The molecular weight excluding hydrogens is 452 g/mol. The van der Waals surface area contributed by atoms with Gasteiger partial charge in [0, 0.05) is 46.8 Å². The molecule has 0 atom stereocenters. The molecule has 4 rings (SSSR count). The van der Waals surface area contributed by atoms with Crippen molar-refractivity contribution in [2.24, 2.45) is 0 Å². The Labute approximate surface area is 205 Å². The van der Waals surface area contributed by atoms with E-state index in [1.165, 1.54) is 4.90 Å². The summed E-state index contributed by atoms with van der Waals surface area (Å²) < 4.78 is 21.8. The van der Waals surface area contributed by atoms with E-state index in [1.807, 2.05) is 24.3 Å². The predicted octanol–water partition coefficient (Wildman–Crippen LogP) is 2.24. The van der Waals surface area contributed by atoms with Crippen molar-refractivity contribution in [2.45, 2.75) is 19.5 Å². The van der Waals surface area contributed by atoms with Crippen LogP contribution in [0.2, 0.25) is 0 Å². The van der Waals surface area contributed by atoms with E-state index < -0.39 is 0 Å². The van der Waals surface area contributed by atoms with E-state index in [4.69, 9.17) is 18.6 Å². The van der Waals surface area contributed by atoms with Gasteiger partial charge >= 0.3 is 6.03 Å². The monoisotopic (exact) mass is 486 g/mol. The van der Waals surface area contributed by atoms with Crippen molar-refractivity contribution in [3.8, 4) is 11.5 Å². The second-order valence-electron chi connectivity index (χ2n) is 8.92. The Morgan fingerprint density at radius 3 is 2.54 bits per heavy atom. The Morgan fingerprint density at radius 2 is 1.80 bits per heavy atom. The fourth-order valence-electron chi connectivity index (χ4n) is 4.18. The highest BCUT2D eigenvalue weighted by Crippen LogP contribution is 2.33. The van der Waals surface area contributed by atoms with Crippen LogP contribution in [0.5, 0.6) is 11.5 Å². The number of nitrogens with zero attached hydrogens (tertiary/aromatic N) is 4. The minimum absolute atomic E-state index is 0.00855. The number of carbonyl (C=O) groups excluding carboxylic acids is 2. The zero-order chi connectivity index (χ0) is 24.6. The highest BCUT2D eigenvalue weighted by Gasteiger charge is 2.24. The van der Waals surface area contributed by atoms with Crippen molar-refractivity contribution in [2.75, 3.05) is 66.8 Å². The fourth-order valence-corrected chi connectivity index (χ4v) is 4.18. The summed E-state index contributed by atoms with van der Waals surface area (Å²) in [5.41, 5.74) is 0.909. The van der Waals surface area contributed by atoms with Gasteiger partial charge in [0.15, 0.2) is 11.5 Å². The van der Waals surface area contributed by atoms with E-state index in [-0.39, 0.29) is 25.3 Å². The molecular formula is C25H34N4O6. The lowest BCUT2D eigenvalue weighted by atomic mass is 10.2. The van der Waals surface area contributed by atoms with Crippen LogP contribution >= 0.6 is 0 Å². The summed E-state index contributed by atoms with van der Waals surface area (Å²) in [6.07, 6.45) is 2.37. The maximum Gasteiger partial charge on any atom is 0.319 e. The van der Waals surface area contributed by atoms with E-state index in [9.17, 15) is 9.59 Å². The maximum atomic E-state index is 13.5. The van der Waals surface area contributed by atoms with E-state index in [0.29, 0.717) is 36.9 Å². The standard InChI is InChI=1S/C25H34N4O6/c1-26(2)25(31)28(9-4-8-27-10-13-32-14-11-27)18-24(30)29(17-21-5-3-12-33-21)16-20-6-7-22-23(15-20)35-19-34-22/h3,5-7,12,15H,4,8-11,13-14,16-19H2,1-2H3. The molecule has 1 fully saturated rings. The first-order valence-electron chi connectivity index (χ1n) is 11.9. The van der Waals surface area contributed by atoms with E-state index in [0.717, 1.165) is 44.8 Å². The molecule has 10 nitrogen and oxygen atoms in total. The Kier molecular flexibility index (Phi) is 8.49. The molecule has 10 heteroatoms. The number of carbonyl (C=O) groups is 2. The fraction of sp³-hybridized carbons (Fsp3) is 0.520. The van der Waals surface area contributed by atoms with Gasteiger partial charge in [-0.3, -0.25) is 9.69 Å². The van der Waals surface area contributed by atoms with Crippen LogP contribution in [0, 0.1) is 0 Å². The number of amides is 3. The Hall–Kier alpha value is -3.24. The number of ether oxygens (including phenoxy) is 3. The lowest BCUT2D eigenvalue weighted by Crippen LogP contribution is -2.47. The van der Waals surface area contributed by atoms with Crippen LogP contribution in [0.3, 0.4) is 0 Å². The average molecular weight is 487 g/mol. The van der Waals surface area contributed by atoms with Crippen molar-refractivity contribution in [3.05, 3.63) is 47.9 Å². The molecule has 35 heavy (non-hydrogen) atoms. The molecule has 3 heterocycles. The molecule has 2 aliphatic heterocycles. The quantitative estimate of drug-likeness (QED) is 0.509. The summed E-state index contributed by atoms with van der Waals surface area (Å²) in [4.78, 5) is 33.5. The summed E-state index contributed by atoms with van der Waals surface area (Å²) in [5.74, 6) is 1.89. The lowest BCUT2D eigenvalue weighted by molar-refractivity contribution is -0.133. The molecule has 0 aliphatic carbocycles. The largest absolute Gasteiger partial charge is 0.467 e. The van der Waals surface area contributed by atoms with Crippen molar-refractivity contribution in [1.29, 1.82) is 0 Å². The molecule has 0 bridgehead atoms. The van der Waals surface area contributed by atoms with Gasteiger partial charge in [-0.15, -0.1) is 0 Å². The summed E-state index contributed by atoms with van der Waals surface area (Å²) >= 11 is 0. The second-order valence-corrected chi connectivity index (χ2v) is 8.92. The van der Waals surface area contributed by atoms with Gasteiger partial charge in [-0.25, -0.2) is 4.79 Å². The molecule has 0 radical (unpaired) electrons. The molecule has 2 aromatic rings. The number of hydrogen-bond donors (Lipinski definition) is 0. The third-order valence-electron chi connectivity index (χ3n) is 6.08. The van der Waals surface area contributed by atoms with Gasteiger partial charge in [0.1, 0.15) is 12.3 Å². The third kappa shape index (κ3) is 6.89. The molecule has 190 valence electrons. The van der Waals surface area contributed by atoms with E-state index in [1.54, 1.807) is 36.2 Å². The lowest BCUT2D eigenvalue weighted by Gasteiger charge is -2.31. The van der Waals surface area contributed by atoms with Gasteiger partial charge in [0.25, 0.3) is 0 Å². The highest BCUT2D eigenvalue weighted by atomic mass is 16.7. The molecule has 0 N–H and O–H groups in total. The zero-order valence-corrected chi connectivity index (χ0v) is 20.5. The summed E-state index contributed by atoms with van der Waals surface area (Å²) in [6, 6.07) is 9.11. The first-order valence-corrected chi connectivity index (χ1v) is 11.9. The normalized spacial score (nSPS) is 15.1. The number of benzene rings is 1. The second kappa shape index (κ2) is 11.9. The first-order chi connectivity index (χ1) is 17.0. The molecule has 0 unspecified atom stereocenters. The summed E-state index contributed by atoms with van der Waals surface area (Å²) in [7, 11) is 3.41. The van der Waals surface area contributed by atoms with Gasteiger partial charge < -0.3 is 33.3 Å².